The van der Waals surface area contributed by atoms with Crippen LogP contribution in [-0.4, -0.2) is 15.9 Å². The molecule has 0 unspecified atom stereocenters. The summed E-state index contributed by atoms with van der Waals surface area (Å²) in [4.78, 5) is 19.2. The number of anilines is 1. The predicted molar refractivity (Wildman–Crippen MR) is 71.4 cm³/mol. The number of carbonyl (C=O) groups is 1. The molecule has 2 aromatic rings. The summed E-state index contributed by atoms with van der Waals surface area (Å²) < 4.78 is 37.7. The Labute approximate surface area is 126 Å². The summed E-state index contributed by atoms with van der Waals surface area (Å²) >= 11 is 11.2. The largest absolute Gasteiger partial charge is 0.416 e. The van der Waals surface area contributed by atoms with Gasteiger partial charge in [-0.15, -0.1) is 0 Å². The molecule has 0 saturated heterocycles. The third-order valence-corrected chi connectivity index (χ3v) is 2.72. The van der Waals surface area contributed by atoms with E-state index in [2.05, 4.69) is 15.3 Å². The smallest absolute Gasteiger partial charge is 0.306 e. The summed E-state index contributed by atoms with van der Waals surface area (Å²) in [6, 6.07) is 5.21. The van der Waals surface area contributed by atoms with Crippen molar-refractivity contribution in [3.63, 3.8) is 0 Å². The van der Waals surface area contributed by atoms with E-state index in [1.807, 2.05) is 0 Å². The SMILES string of the molecule is O=C(Nc1cc(Cl)nc(Cl)n1)c1cccc(C(F)(F)F)c1. The number of nitrogens with zero attached hydrogens (tertiary/aromatic N) is 2. The number of nitrogens with one attached hydrogen (secondary N) is 1. The topological polar surface area (TPSA) is 54.9 Å². The van der Waals surface area contributed by atoms with E-state index in [1.54, 1.807) is 0 Å². The summed E-state index contributed by atoms with van der Waals surface area (Å²) in [6.07, 6.45) is -4.53. The summed E-state index contributed by atoms with van der Waals surface area (Å²) in [5.41, 5.74) is -1.09. The van der Waals surface area contributed by atoms with E-state index >= 15 is 0 Å². The first-order chi connectivity index (χ1) is 9.75. The van der Waals surface area contributed by atoms with Crippen molar-refractivity contribution in [3.05, 3.63) is 51.9 Å². The van der Waals surface area contributed by atoms with Crippen molar-refractivity contribution < 1.29 is 18.0 Å². The lowest BCUT2D eigenvalue weighted by atomic mass is 10.1. The molecule has 0 aliphatic carbocycles. The van der Waals surface area contributed by atoms with Crippen molar-refractivity contribution in [2.75, 3.05) is 5.32 Å². The van der Waals surface area contributed by atoms with Gasteiger partial charge in [-0.25, -0.2) is 9.97 Å². The van der Waals surface area contributed by atoms with Crippen LogP contribution < -0.4 is 5.32 Å². The standard InChI is InChI=1S/C12H6Cl2F3N3O/c13-8-5-9(20-11(14)18-8)19-10(21)6-2-1-3-7(4-6)12(15,16)17/h1-5H,(H,18,19,20,21). The Morgan fingerprint density at radius 3 is 2.48 bits per heavy atom. The molecule has 1 heterocycles. The molecule has 2 rings (SSSR count). The van der Waals surface area contributed by atoms with Gasteiger partial charge in [-0.05, 0) is 29.8 Å². The van der Waals surface area contributed by atoms with Crippen LogP contribution in [0.5, 0.6) is 0 Å². The summed E-state index contributed by atoms with van der Waals surface area (Å²) in [7, 11) is 0. The van der Waals surface area contributed by atoms with Crippen LogP contribution in [0.25, 0.3) is 0 Å². The van der Waals surface area contributed by atoms with Gasteiger partial charge >= 0.3 is 6.18 Å². The van der Waals surface area contributed by atoms with Gasteiger partial charge in [-0.2, -0.15) is 13.2 Å². The Hall–Kier alpha value is -1.86. The Morgan fingerprint density at radius 2 is 1.86 bits per heavy atom. The van der Waals surface area contributed by atoms with Crippen LogP contribution in [0.3, 0.4) is 0 Å². The highest BCUT2D eigenvalue weighted by Gasteiger charge is 2.30. The Balaban J connectivity index is 2.24. The molecule has 1 N–H and O–H groups in total. The number of hydrogen-bond donors (Lipinski definition) is 1. The van der Waals surface area contributed by atoms with Crippen LogP contribution in [0.2, 0.25) is 10.4 Å². The second-order valence-corrected chi connectivity index (χ2v) is 4.60. The fraction of sp³-hybridized carbons (Fsp3) is 0.0833. The average molecular weight is 336 g/mol. The highest BCUT2D eigenvalue weighted by Crippen LogP contribution is 2.29. The molecule has 9 heteroatoms. The van der Waals surface area contributed by atoms with Crippen LogP contribution in [0.4, 0.5) is 19.0 Å². The highest BCUT2D eigenvalue weighted by atomic mass is 35.5. The van der Waals surface area contributed by atoms with Crippen LogP contribution >= 0.6 is 23.2 Å². The van der Waals surface area contributed by atoms with Crippen molar-refractivity contribution in [1.82, 2.24) is 9.97 Å². The fourth-order valence-corrected chi connectivity index (χ4v) is 1.89. The van der Waals surface area contributed by atoms with E-state index in [9.17, 15) is 18.0 Å². The van der Waals surface area contributed by atoms with Gasteiger partial charge in [0, 0.05) is 11.6 Å². The minimum atomic E-state index is -4.53. The molecule has 0 spiro atoms. The van der Waals surface area contributed by atoms with Crippen molar-refractivity contribution >= 4 is 34.9 Å². The monoisotopic (exact) mass is 335 g/mol. The van der Waals surface area contributed by atoms with Gasteiger partial charge in [0.05, 0.1) is 5.56 Å². The average Bonchev–Trinajstić information content (AvgIpc) is 2.36. The highest BCUT2D eigenvalue weighted by molar-refractivity contribution is 6.32. The third kappa shape index (κ3) is 4.05. The lowest BCUT2D eigenvalue weighted by Crippen LogP contribution is -2.15. The lowest BCUT2D eigenvalue weighted by Gasteiger charge is -2.09. The van der Waals surface area contributed by atoms with Crippen LogP contribution in [0, 0.1) is 0 Å². The molecule has 0 atom stereocenters. The maximum absolute atomic E-state index is 12.6. The molecule has 0 saturated carbocycles. The molecule has 21 heavy (non-hydrogen) atoms. The lowest BCUT2D eigenvalue weighted by molar-refractivity contribution is -0.137. The second-order valence-electron chi connectivity index (χ2n) is 3.88. The zero-order chi connectivity index (χ0) is 15.6. The zero-order valence-electron chi connectivity index (χ0n) is 10.1. The minimum Gasteiger partial charge on any atom is -0.306 e. The number of hydrogen-bond acceptors (Lipinski definition) is 3. The number of benzene rings is 1. The molecule has 1 aromatic heterocycles. The van der Waals surface area contributed by atoms with Gasteiger partial charge in [-0.3, -0.25) is 4.79 Å². The first-order valence-corrected chi connectivity index (χ1v) is 6.20. The van der Waals surface area contributed by atoms with E-state index < -0.39 is 17.6 Å². The molecule has 0 fully saturated rings. The van der Waals surface area contributed by atoms with Crippen LogP contribution in [0.15, 0.2) is 30.3 Å². The molecule has 4 nitrogen and oxygen atoms in total. The third-order valence-electron chi connectivity index (χ3n) is 2.36. The molecule has 0 aliphatic rings. The van der Waals surface area contributed by atoms with Crippen molar-refractivity contribution in [3.8, 4) is 0 Å². The van der Waals surface area contributed by atoms with E-state index in [0.29, 0.717) is 0 Å². The van der Waals surface area contributed by atoms with Gasteiger partial charge in [0.2, 0.25) is 5.28 Å². The maximum Gasteiger partial charge on any atom is 0.416 e. The second kappa shape index (κ2) is 5.87. The number of carbonyl (C=O) groups excluding carboxylic acids is 1. The van der Waals surface area contributed by atoms with E-state index in [-0.39, 0.29) is 21.8 Å². The summed E-state index contributed by atoms with van der Waals surface area (Å²) in [5.74, 6) is -0.783. The van der Waals surface area contributed by atoms with Crippen molar-refractivity contribution in [1.29, 1.82) is 0 Å². The quantitative estimate of drug-likeness (QED) is 0.665. The van der Waals surface area contributed by atoms with Gasteiger partial charge in [-0.1, -0.05) is 17.7 Å². The predicted octanol–water partition coefficient (Wildman–Crippen LogP) is 4.05. The Morgan fingerprint density at radius 1 is 1.14 bits per heavy atom. The molecule has 0 aliphatic heterocycles. The molecular formula is C12H6Cl2F3N3O. The van der Waals surface area contributed by atoms with Gasteiger partial charge < -0.3 is 5.32 Å². The molecule has 1 amide bonds. The maximum atomic E-state index is 12.6. The summed E-state index contributed by atoms with van der Waals surface area (Å²) in [5, 5.41) is 2.09. The normalized spacial score (nSPS) is 11.3. The molecule has 0 bridgehead atoms. The summed E-state index contributed by atoms with van der Waals surface area (Å²) in [6.45, 7) is 0. The molecule has 0 radical (unpaired) electrons. The number of halogens is 5. The Bertz CT molecular complexity index is 671. The molecule has 1 aromatic carbocycles. The zero-order valence-corrected chi connectivity index (χ0v) is 11.6. The van der Waals surface area contributed by atoms with Gasteiger partial charge in [0.1, 0.15) is 11.0 Å². The number of aromatic nitrogens is 2. The van der Waals surface area contributed by atoms with Crippen molar-refractivity contribution in [2.24, 2.45) is 0 Å². The molecular weight excluding hydrogens is 330 g/mol. The van der Waals surface area contributed by atoms with Gasteiger partial charge in [0.15, 0.2) is 0 Å². The van der Waals surface area contributed by atoms with Crippen molar-refractivity contribution in [2.45, 2.75) is 6.18 Å². The number of alkyl halides is 3. The van der Waals surface area contributed by atoms with E-state index in [1.165, 1.54) is 12.1 Å². The van der Waals surface area contributed by atoms with E-state index in [0.717, 1.165) is 18.2 Å². The first-order valence-electron chi connectivity index (χ1n) is 5.44. The number of rotatable bonds is 2. The minimum absolute atomic E-state index is 0.00524. The Kier molecular flexibility index (Phi) is 4.34. The van der Waals surface area contributed by atoms with Gasteiger partial charge in [0.25, 0.3) is 5.91 Å². The van der Waals surface area contributed by atoms with Crippen LogP contribution in [-0.2, 0) is 6.18 Å². The number of amides is 1. The van der Waals surface area contributed by atoms with E-state index in [4.69, 9.17) is 23.2 Å². The first kappa shape index (κ1) is 15.5. The van der Waals surface area contributed by atoms with Crippen LogP contribution in [0.1, 0.15) is 15.9 Å². The fourth-order valence-electron chi connectivity index (χ4n) is 1.48. The molecule has 110 valence electrons.